The summed E-state index contributed by atoms with van der Waals surface area (Å²) >= 11 is 13.4. The number of sulfonamides is 1. The van der Waals surface area contributed by atoms with Gasteiger partial charge in [0.15, 0.2) is 0 Å². The highest BCUT2D eigenvalue weighted by atomic mass is 35.5. The smallest absolute Gasteiger partial charge is 0.262 e. The average molecular weight is 456 g/mol. The highest BCUT2D eigenvalue weighted by Crippen LogP contribution is 2.36. The van der Waals surface area contributed by atoms with Crippen LogP contribution in [0.5, 0.6) is 0 Å². The summed E-state index contributed by atoms with van der Waals surface area (Å²) in [6, 6.07) is 4.37. The molecule has 6 nitrogen and oxygen atoms in total. The molecule has 0 radical (unpaired) electrons. The van der Waals surface area contributed by atoms with Gasteiger partial charge < -0.3 is 0 Å². The van der Waals surface area contributed by atoms with Crippen molar-refractivity contribution in [3.63, 3.8) is 0 Å². The van der Waals surface area contributed by atoms with Gasteiger partial charge in [0.05, 0.1) is 16.7 Å². The molecule has 0 bridgehead atoms. The van der Waals surface area contributed by atoms with Crippen LogP contribution in [0.25, 0.3) is 10.2 Å². The zero-order valence-corrected chi connectivity index (χ0v) is 17.7. The van der Waals surface area contributed by atoms with E-state index in [0.29, 0.717) is 28.2 Å². The summed E-state index contributed by atoms with van der Waals surface area (Å²) in [7, 11) is -3.82. The Labute approximate surface area is 175 Å². The maximum absolute atomic E-state index is 13.1. The predicted molar refractivity (Wildman–Crippen MR) is 112 cm³/mol. The molecule has 2 aromatic heterocycles. The van der Waals surface area contributed by atoms with Gasteiger partial charge in [-0.15, -0.1) is 17.9 Å². The quantitative estimate of drug-likeness (QED) is 0.562. The van der Waals surface area contributed by atoms with Crippen molar-refractivity contribution in [3.8, 4) is 0 Å². The second-order valence-electron chi connectivity index (χ2n) is 6.34. The molecule has 0 atom stereocenters. The van der Waals surface area contributed by atoms with Crippen molar-refractivity contribution < 1.29 is 8.42 Å². The molecular weight excluding hydrogens is 441 g/mol. The number of allylic oxidation sites excluding steroid dienone is 1. The third-order valence-corrected chi connectivity index (χ3v) is 8.32. The Balaban J connectivity index is 1.76. The van der Waals surface area contributed by atoms with Gasteiger partial charge in [0, 0.05) is 29.5 Å². The molecule has 10 heteroatoms. The molecule has 0 saturated heterocycles. The van der Waals surface area contributed by atoms with E-state index in [1.54, 1.807) is 12.1 Å². The molecule has 0 amide bonds. The van der Waals surface area contributed by atoms with Crippen molar-refractivity contribution in [3.05, 3.63) is 68.0 Å². The number of fused-ring (bicyclic) bond motifs is 3. The van der Waals surface area contributed by atoms with E-state index >= 15 is 0 Å². The zero-order valence-electron chi connectivity index (χ0n) is 14.6. The van der Waals surface area contributed by atoms with Gasteiger partial charge in [-0.2, -0.15) is 4.31 Å². The maximum Gasteiger partial charge on any atom is 0.262 e. The minimum Gasteiger partial charge on any atom is -0.295 e. The fourth-order valence-corrected chi connectivity index (χ4v) is 6.70. The SMILES string of the molecule is C=CCn1cnc2sc3c(c2c1=O)CCN(S(=O)(=O)c1cc(Cl)ccc1Cl)C3. The van der Waals surface area contributed by atoms with Gasteiger partial charge in [0.2, 0.25) is 10.0 Å². The molecule has 0 spiro atoms. The predicted octanol–water partition coefficient (Wildman–Crippen LogP) is 3.70. The Kier molecular flexibility index (Phi) is 5.09. The molecule has 1 aliphatic heterocycles. The highest BCUT2D eigenvalue weighted by Gasteiger charge is 2.32. The van der Waals surface area contributed by atoms with Crippen LogP contribution < -0.4 is 5.56 Å². The van der Waals surface area contributed by atoms with Crippen molar-refractivity contribution in [2.45, 2.75) is 24.4 Å². The summed E-state index contributed by atoms with van der Waals surface area (Å²) in [5, 5.41) is 0.997. The lowest BCUT2D eigenvalue weighted by Gasteiger charge is -2.26. The van der Waals surface area contributed by atoms with Gasteiger partial charge >= 0.3 is 0 Å². The Morgan fingerprint density at radius 3 is 2.86 bits per heavy atom. The summed E-state index contributed by atoms with van der Waals surface area (Å²) in [6.45, 7) is 4.45. The number of thiophene rings is 1. The number of aromatic nitrogens is 2. The first-order valence-electron chi connectivity index (χ1n) is 8.38. The molecule has 0 fully saturated rings. The van der Waals surface area contributed by atoms with Crippen LogP contribution in [0.1, 0.15) is 10.4 Å². The second kappa shape index (κ2) is 7.27. The second-order valence-corrected chi connectivity index (χ2v) is 10.2. The average Bonchev–Trinajstić information content (AvgIpc) is 3.04. The molecular formula is C18H15Cl2N3O3S2. The standard InChI is InChI=1S/C18H15Cl2N3O3S2/c1-2-6-22-10-21-17-16(18(22)24)12-5-7-23(9-14(12)27-17)28(25,26)15-8-11(19)3-4-13(15)20/h2-4,8,10H,1,5-7,9H2. The number of halogens is 2. The van der Waals surface area contributed by atoms with Crippen LogP contribution in [0.15, 0.2) is 46.9 Å². The van der Waals surface area contributed by atoms with Gasteiger partial charge in [-0.3, -0.25) is 9.36 Å². The molecule has 4 rings (SSSR count). The zero-order chi connectivity index (χ0) is 20.1. The Morgan fingerprint density at radius 1 is 1.32 bits per heavy atom. The van der Waals surface area contributed by atoms with Crippen molar-refractivity contribution >= 4 is 54.8 Å². The van der Waals surface area contributed by atoms with Crippen molar-refractivity contribution in [1.29, 1.82) is 0 Å². The van der Waals surface area contributed by atoms with Crippen LogP contribution >= 0.6 is 34.5 Å². The minimum absolute atomic E-state index is 0.0160. The fourth-order valence-electron chi connectivity index (χ4n) is 3.28. The first-order valence-corrected chi connectivity index (χ1v) is 11.4. The molecule has 28 heavy (non-hydrogen) atoms. The van der Waals surface area contributed by atoms with Crippen molar-refractivity contribution in [2.24, 2.45) is 0 Å². The maximum atomic E-state index is 13.1. The van der Waals surface area contributed by atoms with E-state index in [2.05, 4.69) is 11.6 Å². The van der Waals surface area contributed by atoms with Crippen LogP contribution in [-0.4, -0.2) is 28.8 Å². The summed E-state index contributed by atoms with van der Waals surface area (Å²) in [4.78, 5) is 18.5. The van der Waals surface area contributed by atoms with Crippen LogP contribution in [0.2, 0.25) is 10.0 Å². The van der Waals surface area contributed by atoms with E-state index in [9.17, 15) is 13.2 Å². The highest BCUT2D eigenvalue weighted by molar-refractivity contribution is 7.89. The van der Waals surface area contributed by atoms with Crippen LogP contribution in [0.3, 0.4) is 0 Å². The normalized spacial score (nSPS) is 14.9. The largest absolute Gasteiger partial charge is 0.295 e. The number of nitrogens with zero attached hydrogens (tertiary/aromatic N) is 3. The molecule has 3 aromatic rings. The molecule has 3 heterocycles. The summed E-state index contributed by atoms with van der Waals surface area (Å²) in [5.41, 5.74) is 0.746. The van der Waals surface area contributed by atoms with Crippen molar-refractivity contribution in [2.75, 3.05) is 6.54 Å². The molecule has 1 aliphatic rings. The van der Waals surface area contributed by atoms with Crippen LogP contribution in [0, 0.1) is 0 Å². The lowest BCUT2D eigenvalue weighted by atomic mass is 10.1. The summed E-state index contributed by atoms with van der Waals surface area (Å²) in [5.74, 6) is 0. The van der Waals surface area contributed by atoms with E-state index in [1.165, 1.54) is 38.7 Å². The van der Waals surface area contributed by atoms with Gasteiger partial charge in [-0.05, 0) is 30.2 Å². The lowest BCUT2D eigenvalue weighted by Crippen LogP contribution is -2.35. The fraction of sp³-hybridized carbons (Fsp3) is 0.222. The summed E-state index contributed by atoms with van der Waals surface area (Å²) in [6.07, 6.45) is 3.56. The van der Waals surface area contributed by atoms with Crippen molar-refractivity contribution in [1.82, 2.24) is 13.9 Å². The Morgan fingerprint density at radius 2 is 2.11 bits per heavy atom. The molecule has 0 N–H and O–H groups in total. The molecule has 1 aromatic carbocycles. The van der Waals surface area contributed by atoms with Gasteiger partial charge in [-0.1, -0.05) is 29.3 Å². The van der Waals surface area contributed by atoms with E-state index in [-0.39, 0.29) is 28.6 Å². The number of hydrogen-bond acceptors (Lipinski definition) is 5. The Bertz CT molecular complexity index is 1270. The lowest BCUT2D eigenvalue weighted by molar-refractivity contribution is 0.396. The van der Waals surface area contributed by atoms with Gasteiger partial charge in [-0.25, -0.2) is 13.4 Å². The van der Waals surface area contributed by atoms with Crippen LogP contribution in [0.4, 0.5) is 0 Å². The first-order chi connectivity index (χ1) is 13.3. The topological polar surface area (TPSA) is 72.3 Å². The number of hydrogen-bond donors (Lipinski definition) is 0. The summed E-state index contributed by atoms with van der Waals surface area (Å²) < 4.78 is 29.0. The molecule has 0 saturated carbocycles. The number of benzene rings is 1. The van der Waals surface area contributed by atoms with Crippen LogP contribution in [-0.2, 0) is 29.5 Å². The monoisotopic (exact) mass is 455 g/mol. The van der Waals surface area contributed by atoms with E-state index in [4.69, 9.17) is 23.2 Å². The van der Waals surface area contributed by atoms with E-state index in [0.717, 1.165) is 10.4 Å². The minimum atomic E-state index is -3.82. The molecule has 0 aliphatic carbocycles. The van der Waals surface area contributed by atoms with E-state index < -0.39 is 10.0 Å². The molecule has 0 unspecified atom stereocenters. The Hall–Kier alpha value is -1.71. The third-order valence-electron chi connectivity index (χ3n) is 4.63. The van der Waals surface area contributed by atoms with Gasteiger partial charge in [0.25, 0.3) is 5.56 Å². The van der Waals surface area contributed by atoms with Gasteiger partial charge in [0.1, 0.15) is 9.73 Å². The van der Waals surface area contributed by atoms with E-state index in [1.807, 2.05) is 0 Å². The molecule has 146 valence electrons. The third kappa shape index (κ3) is 3.19. The number of rotatable bonds is 4. The first kappa shape index (κ1) is 19.6.